The minimum absolute atomic E-state index is 0.208. The number of carboxylic acid groups (broad SMARTS) is 1. The molecular weight excluding hydrogens is 428 g/mol. The maximum absolute atomic E-state index is 11.6. The summed E-state index contributed by atoms with van der Waals surface area (Å²) in [4.78, 5) is 26.8. The van der Waals surface area contributed by atoms with Gasteiger partial charge >= 0.3 is 5.97 Å². The highest BCUT2D eigenvalue weighted by Gasteiger charge is 2.30. The largest absolute Gasteiger partial charge is 0.497 e. The molecule has 0 radical (unpaired) electrons. The van der Waals surface area contributed by atoms with Crippen molar-refractivity contribution in [1.82, 2.24) is 19.9 Å². The second-order valence-corrected chi connectivity index (χ2v) is 9.26. The SMILES string of the molecule is COc1ccc2nccc(CCC[C@@H]3CCN(CCCc4ccncn4)C[C@@H]3CC(=O)O)c2c1. The maximum Gasteiger partial charge on any atom is 0.303 e. The molecule has 0 amide bonds. The first-order chi connectivity index (χ1) is 16.6. The van der Waals surface area contributed by atoms with Crippen molar-refractivity contribution >= 4 is 16.9 Å². The van der Waals surface area contributed by atoms with Crippen molar-refractivity contribution in [3.63, 3.8) is 0 Å². The molecule has 0 spiro atoms. The first-order valence-corrected chi connectivity index (χ1v) is 12.2. The molecule has 0 saturated carbocycles. The number of aromatic nitrogens is 3. The van der Waals surface area contributed by atoms with Crippen LogP contribution in [0.4, 0.5) is 0 Å². The molecule has 180 valence electrons. The van der Waals surface area contributed by atoms with Crippen molar-refractivity contribution in [2.24, 2.45) is 11.8 Å². The molecular formula is C27H34N4O3. The fourth-order valence-corrected chi connectivity index (χ4v) is 5.23. The molecule has 1 saturated heterocycles. The third kappa shape index (κ3) is 6.50. The molecule has 0 unspecified atom stereocenters. The molecule has 3 heterocycles. The van der Waals surface area contributed by atoms with Crippen LogP contribution in [0.1, 0.15) is 43.4 Å². The van der Waals surface area contributed by atoms with Gasteiger partial charge in [0.15, 0.2) is 0 Å². The highest BCUT2D eigenvalue weighted by atomic mass is 16.5. The first-order valence-electron chi connectivity index (χ1n) is 12.2. The number of fused-ring (bicyclic) bond motifs is 1. The standard InChI is InChI=1S/C27H34N4O3/c1-34-24-7-8-26-25(17-24)21(9-13-29-26)5-2-4-20-11-15-31(18-22(20)16-27(32)33)14-3-6-23-10-12-28-19-30-23/h7-10,12-13,17,19-20,22H,2-6,11,14-16,18H2,1H3,(H,32,33)/t20-,22+/m1/s1. The summed E-state index contributed by atoms with van der Waals surface area (Å²) in [5.74, 6) is 0.817. The van der Waals surface area contributed by atoms with Gasteiger partial charge in [0.2, 0.25) is 0 Å². The zero-order valence-corrected chi connectivity index (χ0v) is 19.9. The molecule has 7 heteroatoms. The lowest BCUT2D eigenvalue weighted by molar-refractivity contribution is -0.139. The van der Waals surface area contributed by atoms with Gasteiger partial charge in [-0.2, -0.15) is 0 Å². The Morgan fingerprint density at radius 1 is 1.12 bits per heavy atom. The van der Waals surface area contributed by atoms with Crippen LogP contribution in [0.15, 0.2) is 49.1 Å². The van der Waals surface area contributed by atoms with Crippen molar-refractivity contribution in [2.45, 2.75) is 44.9 Å². The second kappa shape index (κ2) is 11.9. The zero-order chi connectivity index (χ0) is 23.8. The van der Waals surface area contributed by atoms with Crippen molar-refractivity contribution in [3.8, 4) is 5.75 Å². The van der Waals surface area contributed by atoms with E-state index in [1.165, 1.54) is 5.56 Å². The number of aliphatic carboxylic acids is 1. The Morgan fingerprint density at radius 3 is 2.82 bits per heavy atom. The third-order valence-electron chi connectivity index (χ3n) is 7.02. The number of hydrogen-bond donors (Lipinski definition) is 1. The lowest BCUT2D eigenvalue weighted by Gasteiger charge is -2.38. The van der Waals surface area contributed by atoms with Crippen LogP contribution in [0, 0.1) is 11.8 Å². The average Bonchev–Trinajstić information content (AvgIpc) is 2.85. The summed E-state index contributed by atoms with van der Waals surface area (Å²) >= 11 is 0. The van der Waals surface area contributed by atoms with E-state index in [0.717, 1.165) is 80.5 Å². The number of carbonyl (C=O) groups is 1. The number of carboxylic acids is 1. The van der Waals surface area contributed by atoms with E-state index in [1.54, 1.807) is 19.6 Å². The first kappa shape index (κ1) is 24.1. The molecule has 3 aromatic rings. The van der Waals surface area contributed by atoms with Gasteiger partial charge in [-0.1, -0.05) is 0 Å². The molecule has 34 heavy (non-hydrogen) atoms. The van der Waals surface area contributed by atoms with Crippen LogP contribution < -0.4 is 4.74 Å². The summed E-state index contributed by atoms with van der Waals surface area (Å²) in [5, 5.41) is 10.7. The molecule has 2 atom stereocenters. The van der Waals surface area contributed by atoms with E-state index in [9.17, 15) is 9.90 Å². The minimum Gasteiger partial charge on any atom is -0.497 e. The highest BCUT2D eigenvalue weighted by molar-refractivity contribution is 5.83. The van der Waals surface area contributed by atoms with Gasteiger partial charge in [0.05, 0.1) is 12.6 Å². The van der Waals surface area contributed by atoms with E-state index < -0.39 is 5.97 Å². The van der Waals surface area contributed by atoms with Crippen LogP contribution in [0.5, 0.6) is 5.75 Å². The Morgan fingerprint density at radius 2 is 2.03 bits per heavy atom. The Bertz CT molecular complexity index is 1080. The fourth-order valence-electron chi connectivity index (χ4n) is 5.23. The van der Waals surface area contributed by atoms with E-state index >= 15 is 0 Å². The Hall–Kier alpha value is -3.06. The van der Waals surface area contributed by atoms with E-state index in [0.29, 0.717) is 5.92 Å². The third-order valence-corrected chi connectivity index (χ3v) is 7.02. The van der Waals surface area contributed by atoms with Crippen LogP contribution in [0.3, 0.4) is 0 Å². The van der Waals surface area contributed by atoms with E-state index in [2.05, 4.69) is 32.0 Å². The predicted molar refractivity (Wildman–Crippen MR) is 132 cm³/mol. The number of piperidine rings is 1. The number of likely N-dealkylation sites (tertiary alicyclic amines) is 1. The van der Waals surface area contributed by atoms with E-state index in [1.807, 2.05) is 24.4 Å². The summed E-state index contributed by atoms with van der Waals surface area (Å²) in [7, 11) is 1.68. The van der Waals surface area contributed by atoms with Crippen LogP contribution in [-0.4, -0.2) is 57.7 Å². The van der Waals surface area contributed by atoms with Crippen molar-refractivity contribution in [1.29, 1.82) is 0 Å². The van der Waals surface area contributed by atoms with Gasteiger partial charge in [0.25, 0.3) is 0 Å². The second-order valence-electron chi connectivity index (χ2n) is 9.26. The van der Waals surface area contributed by atoms with E-state index in [4.69, 9.17) is 4.74 Å². The van der Waals surface area contributed by atoms with Gasteiger partial charge in [-0.15, -0.1) is 0 Å². The summed E-state index contributed by atoms with van der Waals surface area (Å²) in [5.41, 5.74) is 3.33. The minimum atomic E-state index is -0.690. The van der Waals surface area contributed by atoms with E-state index in [-0.39, 0.29) is 12.3 Å². The average molecular weight is 463 g/mol. The molecule has 1 aromatic carbocycles. The molecule has 1 fully saturated rings. The van der Waals surface area contributed by atoms with Crippen LogP contribution in [-0.2, 0) is 17.6 Å². The summed E-state index contributed by atoms with van der Waals surface area (Å²) in [6.07, 6.45) is 11.6. The van der Waals surface area contributed by atoms with Crippen molar-refractivity contribution in [3.05, 3.63) is 60.3 Å². The number of pyridine rings is 1. The Balaban J connectivity index is 1.31. The van der Waals surface area contributed by atoms with Crippen LogP contribution >= 0.6 is 0 Å². The summed E-state index contributed by atoms with van der Waals surface area (Å²) in [6, 6.07) is 10.1. The lowest BCUT2D eigenvalue weighted by Crippen LogP contribution is -2.41. The highest BCUT2D eigenvalue weighted by Crippen LogP contribution is 2.31. The quantitative estimate of drug-likeness (QED) is 0.452. The van der Waals surface area contributed by atoms with Gasteiger partial charge in [-0.3, -0.25) is 9.78 Å². The number of nitrogens with zero attached hydrogens (tertiary/aromatic N) is 4. The number of rotatable bonds is 11. The van der Waals surface area contributed by atoms with Crippen LogP contribution in [0.2, 0.25) is 0 Å². The van der Waals surface area contributed by atoms with Crippen molar-refractivity contribution in [2.75, 3.05) is 26.7 Å². The van der Waals surface area contributed by atoms with Gasteiger partial charge in [0, 0.05) is 36.4 Å². The number of benzene rings is 1. The number of ether oxygens (including phenoxy) is 1. The van der Waals surface area contributed by atoms with Gasteiger partial charge < -0.3 is 14.7 Å². The molecule has 4 rings (SSSR count). The molecule has 1 N–H and O–H groups in total. The van der Waals surface area contributed by atoms with Gasteiger partial charge in [-0.05, 0) is 99.3 Å². The summed E-state index contributed by atoms with van der Waals surface area (Å²) in [6.45, 7) is 2.90. The number of hydrogen-bond acceptors (Lipinski definition) is 6. The topological polar surface area (TPSA) is 88.4 Å². The summed E-state index contributed by atoms with van der Waals surface area (Å²) < 4.78 is 5.40. The normalized spacial score (nSPS) is 18.7. The molecule has 1 aliphatic rings. The molecule has 0 aliphatic carbocycles. The monoisotopic (exact) mass is 462 g/mol. The maximum atomic E-state index is 11.6. The molecule has 1 aliphatic heterocycles. The Kier molecular flexibility index (Phi) is 8.41. The number of aryl methyl sites for hydroxylation is 2. The van der Waals surface area contributed by atoms with Gasteiger partial charge in [0.1, 0.15) is 12.1 Å². The Labute approximate surface area is 201 Å². The van der Waals surface area contributed by atoms with Gasteiger partial charge in [-0.25, -0.2) is 9.97 Å². The van der Waals surface area contributed by atoms with Crippen molar-refractivity contribution < 1.29 is 14.6 Å². The lowest BCUT2D eigenvalue weighted by atomic mass is 9.79. The number of methoxy groups -OCH3 is 1. The molecule has 0 bridgehead atoms. The molecule has 2 aromatic heterocycles. The zero-order valence-electron chi connectivity index (χ0n) is 19.9. The fraction of sp³-hybridized carbons (Fsp3) is 0.481. The smallest absolute Gasteiger partial charge is 0.303 e. The predicted octanol–water partition coefficient (Wildman–Crippen LogP) is 4.40. The van der Waals surface area contributed by atoms with Crippen LogP contribution in [0.25, 0.3) is 10.9 Å². The molecule has 7 nitrogen and oxygen atoms in total.